The van der Waals surface area contributed by atoms with Gasteiger partial charge in [0, 0.05) is 11.5 Å². The third kappa shape index (κ3) is 2.87. The highest BCUT2D eigenvalue weighted by atomic mass is 16.5. The number of ether oxygens (including phenoxy) is 1. The van der Waals surface area contributed by atoms with E-state index >= 15 is 0 Å². The van der Waals surface area contributed by atoms with Crippen molar-refractivity contribution in [2.24, 2.45) is 0 Å². The zero-order valence-electron chi connectivity index (χ0n) is 10.5. The van der Waals surface area contributed by atoms with E-state index in [4.69, 9.17) is 14.4 Å². The van der Waals surface area contributed by atoms with Crippen molar-refractivity contribution < 1.29 is 14.4 Å². The molecule has 0 fully saturated rings. The molecule has 0 radical (unpaired) electrons. The van der Waals surface area contributed by atoms with E-state index in [9.17, 15) is 0 Å². The van der Waals surface area contributed by atoms with Crippen LogP contribution in [0.2, 0.25) is 0 Å². The highest BCUT2D eigenvalue weighted by Crippen LogP contribution is 2.23. The van der Waals surface area contributed by atoms with Crippen molar-refractivity contribution >= 4 is 0 Å². The number of aromatic nitrogens is 2. The molecule has 0 spiro atoms. The molecule has 0 saturated carbocycles. The molecule has 0 bridgehead atoms. The van der Waals surface area contributed by atoms with Gasteiger partial charge < -0.3 is 14.4 Å². The Morgan fingerprint density at radius 1 is 1.39 bits per heavy atom. The lowest BCUT2D eigenvalue weighted by atomic mass is 10.2. The fraction of sp³-hybridized carbons (Fsp3) is 0.385. The van der Waals surface area contributed by atoms with Crippen molar-refractivity contribution in [1.82, 2.24) is 10.1 Å². The summed E-state index contributed by atoms with van der Waals surface area (Å²) < 4.78 is 10.5. The first kappa shape index (κ1) is 12.6. The Kier molecular flexibility index (Phi) is 3.94. The molecule has 1 heterocycles. The van der Waals surface area contributed by atoms with E-state index < -0.39 is 0 Å². The molecule has 0 aliphatic rings. The summed E-state index contributed by atoms with van der Waals surface area (Å²) in [6.07, 6.45) is 0. The van der Waals surface area contributed by atoms with Crippen LogP contribution in [0.1, 0.15) is 25.6 Å². The van der Waals surface area contributed by atoms with E-state index in [1.165, 1.54) is 0 Å². The van der Waals surface area contributed by atoms with Gasteiger partial charge in [-0.3, -0.25) is 0 Å². The van der Waals surface area contributed by atoms with Crippen molar-refractivity contribution in [3.8, 4) is 17.2 Å². The molecule has 0 aliphatic heterocycles. The average molecular weight is 248 g/mol. The molecular formula is C13H16N2O3. The summed E-state index contributed by atoms with van der Waals surface area (Å²) in [5.41, 5.74) is 0.810. The second kappa shape index (κ2) is 5.64. The second-order valence-electron chi connectivity index (χ2n) is 4.21. The Hall–Kier alpha value is -1.88. The van der Waals surface area contributed by atoms with Crippen LogP contribution in [0.3, 0.4) is 0 Å². The maximum Gasteiger partial charge on any atom is 0.258 e. The zero-order valence-corrected chi connectivity index (χ0v) is 10.5. The molecule has 0 atom stereocenters. The predicted octanol–water partition coefficient (Wildman–Crippen LogP) is 2.23. The van der Waals surface area contributed by atoms with Crippen molar-refractivity contribution in [1.29, 1.82) is 0 Å². The average Bonchev–Trinajstić information content (AvgIpc) is 2.86. The van der Waals surface area contributed by atoms with Crippen LogP contribution < -0.4 is 4.74 Å². The summed E-state index contributed by atoms with van der Waals surface area (Å²) >= 11 is 0. The zero-order chi connectivity index (χ0) is 13.0. The molecule has 2 aromatic rings. The quantitative estimate of drug-likeness (QED) is 0.878. The molecule has 5 heteroatoms. The minimum atomic E-state index is -0.0116. The predicted molar refractivity (Wildman–Crippen MR) is 66.4 cm³/mol. The molecule has 0 unspecified atom stereocenters. The minimum absolute atomic E-state index is 0.0116. The van der Waals surface area contributed by atoms with Gasteiger partial charge >= 0.3 is 0 Å². The van der Waals surface area contributed by atoms with E-state index in [2.05, 4.69) is 10.1 Å². The van der Waals surface area contributed by atoms with Gasteiger partial charge in [-0.05, 0) is 18.2 Å². The topological polar surface area (TPSA) is 68.4 Å². The van der Waals surface area contributed by atoms with Gasteiger partial charge in [-0.1, -0.05) is 25.1 Å². The van der Waals surface area contributed by atoms with Crippen LogP contribution in [0.4, 0.5) is 0 Å². The van der Waals surface area contributed by atoms with E-state index in [0.717, 1.165) is 5.56 Å². The Bertz CT molecular complexity index is 508. The number of nitrogens with zero attached hydrogens (tertiary/aromatic N) is 2. The lowest BCUT2D eigenvalue weighted by Crippen LogP contribution is -2.01. The number of hydrogen-bond donors (Lipinski definition) is 1. The maximum atomic E-state index is 8.71. The number of rotatable bonds is 5. The molecule has 1 aromatic carbocycles. The van der Waals surface area contributed by atoms with Gasteiger partial charge in [0.05, 0.1) is 6.61 Å². The molecule has 1 aromatic heterocycles. The Morgan fingerprint density at radius 3 is 2.89 bits per heavy atom. The highest BCUT2D eigenvalue weighted by Gasteiger charge is 2.11. The monoisotopic (exact) mass is 248 g/mol. The fourth-order valence-electron chi connectivity index (χ4n) is 1.47. The molecule has 0 aliphatic carbocycles. The lowest BCUT2D eigenvalue weighted by Gasteiger charge is -2.04. The van der Waals surface area contributed by atoms with Gasteiger partial charge in [0.25, 0.3) is 5.89 Å². The Morgan fingerprint density at radius 2 is 2.22 bits per heavy atom. The first-order chi connectivity index (χ1) is 8.70. The van der Waals surface area contributed by atoms with Crippen molar-refractivity contribution in [2.45, 2.75) is 19.8 Å². The van der Waals surface area contributed by atoms with E-state index in [1.807, 2.05) is 38.1 Å². The SMILES string of the molecule is CC(C)c1noc(-c2cccc(OCCO)c2)n1. The van der Waals surface area contributed by atoms with Crippen LogP contribution in [-0.2, 0) is 0 Å². The second-order valence-corrected chi connectivity index (χ2v) is 4.21. The van der Waals surface area contributed by atoms with E-state index in [1.54, 1.807) is 0 Å². The number of aliphatic hydroxyl groups excluding tert-OH is 1. The Labute approximate surface area is 105 Å². The molecule has 0 amide bonds. The third-order valence-electron chi connectivity index (χ3n) is 2.40. The largest absolute Gasteiger partial charge is 0.491 e. The van der Waals surface area contributed by atoms with Crippen LogP contribution in [0.15, 0.2) is 28.8 Å². The van der Waals surface area contributed by atoms with Crippen LogP contribution in [0.25, 0.3) is 11.5 Å². The van der Waals surface area contributed by atoms with Crippen molar-refractivity contribution in [3.63, 3.8) is 0 Å². The van der Waals surface area contributed by atoms with Gasteiger partial charge in [-0.15, -0.1) is 0 Å². The number of aliphatic hydroxyl groups is 1. The molecule has 1 N–H and O–H groups in total. The molecular weight excluding hydrogens is 232 g/mol. The normalized spacial score (nSPS) is 10.9. The number of benzene rings is 1. The third-order valence-corrected chi connectivity index (χ3v) is 2.40. The standard InChI is InChI=1S/C13H16N2O3/c1-9(2)12-14-13(18-15-12)10-4-3-5-11(8-10)17-7-6-16/h3-5,8-9,16H,6-7H2,1-2H3. The first-order valence-electron chi connectivity index (χ1n) is 5.88. The van der Waals surface area contributed by atoms with Crippen LogP contribution in [-0.4, -0.2) is 28.5 Å². The van der Waals surface area contributed by atoms with Gasteiger partial charge in [0.15, 0.2) is 5.82 Å². The van der Waals surface area contributed by atoms with Crippen LogP contribution in [0, 0.1) is 0 Å². The van der Waals surface area contributed by atoms with Crippen LogP contribution in [0.5, 0.6) is 5.75 Å². The summed E-state index contributed by atoms with van der Waals surface area (Å²) in [4.78, 5) is 4.32. The van der Waals surface area contributed by atoms with Gasteiger partial charge in [0.2, 0.25) is 0 Å². The summed E-state index contributed by atoms with van der Waals surface area (Å²) in [6, 6.07) is 7.36. The Balaban J connectivity index is 2.21. The summed E-state index contributed by atoms with van der Waals surface area (Å²) in [6.45, 7) is 4.28. The molecule has 2 rings (SSSR count). The summed E-state index contributed by atoms with van der Waals surface area (Å²) in [5.74, 6) is 2.07. The van der Waals surface area contributed by atoms with Gasteiger partial charge in [-0.2, -0.15) is 4.98 Å². The summed E-state index contributed by atoms with van der Waals surface area (Å²) in [7, 11) is 0. The molecule has 96 valence electrons. The first-order valence-corrected chi connectivity index (χ1v) is 5.88. The van der Waals surface area contributed by atoms with Gasteiger partial charge in [0.1, 0.15) is 12.4 Å². The highest BCUT2D eigenvalue weighted by molar-refractivity contribution is 5.55. The maximum absolute atomic E-state index is 8.71. The molecule has 5 nitrogen and oxygen atoms in total. The summed E-state index contributed by atoms with van der Waals surface area (Å²) in [5, 5.41) is 12.6. The van der Waals surface area contributed by atoms with E-state index in [0.29, 0.717) is 17.5 Å². The minimum Gasteiger partial charge on any atom is -0.491 e. The van der Waals surface area contributed by atoms with E-state index in [-0.39, 0.29) is 19.1 Å². The van der Waals surface area contributed by atoms with Gasteiger partial charge in [-0.25, -0.2) is 0 Å². The fourth-order valence-corrected chi connectivity index (χ4v) is 1.47. The smallest absolute Gasteiger partial charge is 0.258 e. The van der Waals surface area contributed by atoms with Crippen LogP contribution >= 0.6 is 0 Å². The number of hydrogen-bond acceptors (Lipinski definition) is 5. The van der Waals surface area contributed by atoms with Crippen molar-refractivity contribution in [3.05, 3.63) is 30.1 Å². The molecule has 0 saturated heterocycles. The van der Waals surface area contributed by atoms with Crippen molar-refractivity contribution in [2.75, 3.05) is 13.2 Å². The molecule has 18 heavy (non-hydrogen) atoms. The lowest BCUT2D eigenvalue weighted by molar-refractivity contribution is 0.201.